The van der Waals surface area contributed by atoms with E-state index in [1.807, 2.05) is 6.20 Å². The third-order valence-corrected chi connectivity index (χ3v) is 3.47. The third-order valence-electron chi connectivity index (χ3n) is 3.47. The summed E-state index contributed by atoms with van der Waals surface area (Å²) in [5.41, 5.74) is 2.64. The molecular formula is C13H17N3. The van der Waals surface area contributed by atoms with E-state index in [1.54, 1.807) is 0 Å². The molecule has 3 nitrogen and oxygen atoms in total. The molecular weight excluding hydrogens is 198 g/mol. The first-order valence-electron chi connectivity index (χ1n) is 6.00. The summed E-state index contributed by atoms with van der Waals surface area (Å²) in [7, 11) is 0. The van der Waals surface area contributed by atoms with Gasteiger partial charge in [0.2, 0.25) is 0 Å². The summed E-state index contributed by atoms with van der Waals surface area (Å²) in [5.74, 6) is 0. The topological polar surface area (TPSA) is 29.9 Å². The lowest BCUT2D eigenvalue weighted by molar-refractivity contribution is 0.351. The summed E-state index contributed by atoms with van der Waals surface area (Å²) in [6, 6.07) is 6.99. The van der Waals surface area contributed by atoms with Crippen LogP contribution in [0.5, 0.6) is 0 Å². The van der Waals surface area contributed by atoms with Gasteiger partial charge in [-0.05, 0) is 38.4 Å². The molecule has 1 aromatic heterocycles. The van der Waals surface area contributed by atoms with Crippen LogP contribution in [-0.2, 0) is 0 Å². The Morgan fingerprint density at radius 1 is 1.31 bits per heavy atom. The molecule has 0 atom stereocenters. The van der Waals surface area contributed by atoms with Gasteiger partial charge in [-0.15, -0.1) is 0 Å². The average molecular weight is 215 g/mol. The van der Waals surface area contributed by atoms with Crippen LogP contribution in [0.25, 0.3) is 10.9 Å². The molecule has 84 valence electrons. The summed E-state index contributed by atoms with van der Waals surface area (Å²) < 4.78 is 2.23. The van der Waals surface area contributed by atoms with Gasteiger partial charge < -0.3 is 5.32 Å². The van der Waals surface area contributed by atoms with Crippen LogP contribution in [0.4, 0.5) is 0 Å². The molecule has 0 amide bonds. The van der Waals surface area contributed by atoms with Crippen molar-refractivity contribution in [1.82, 2.24) is 15.1 Å². The monoisotopic (exact) mass is 215 g/mol. The Kier molecular flexibility index (Phi) is 2.40. The Labute approximate surface area is 95.5 Å². The number of hydrogen-bond donors (Lipinski definition) is 1. The first-order valence-corrected chi connectivity index (χ1v) is 6.00. The van der Waals surface area contributed by atoms with Crippen molar-refractivity contribution in [1.29, 1.82) is 0 Å². The van der Waals surface area contributed by atoms with Crippen LogP contribution in [0.15, 0.2) is 24.4 Å². The van der Waals surface area contributed by atoms with Crippen LogP contribution in [-0.4, -0.2) is 22.9 Å². The van der Waals surface area contributed by atoms with E-state index in [1.165, 1.54) is 29.3 Å². The third kappa shape index (κ3) is 1.52. The molecule has 1 aliphatic rings. The minimum Gasteiger partial charge on any atom is -0.317 e. The van der Waals surface area contributed by atoms with Crippen molar-refractivity contribution in [2.45, 2.75) is 25.8 Å². The molecule has 2 heterocycles. The Hall–Kier alpha value is -1.35. The second-order valence-electron chi connectivity index (χ2n) is 4.58. The number of piperidine rings is 1. The zero-order chi connectivity index (χ0) is 11.0. The second kappa shape index (κ2) is 3.91. The molecule has 1 N–H and O–H groups in total. The Morgan fingerprint density at radius 3 is 2.94 bits per heavy atom. The number of nitrogens with zero attached hydrogens (tertiary/aromatic N) is 2. The zero-order valence-electron chi connectivity index (χ0n) is 9.61. The van der Waals surface area contributed by atoms with Crippen molar-refractivity contribution in [3.8, 4) is 0 Å². The molecule has 0 spiro atoms. The van der Waals surface area contributed by atoms with Gasteiger partial charge in [0.1, 0.15) is 0 Å². The highest BCUT2D eigenvalue weighted by Crippen LogP contribution is 2.25. The van der Waals surface area contributed by atoms with Crippen molar-refractivity contribution in [3.05, 3.63) is 30.0 Å². The first kappa shape index (κ1) is 9.85. The maximum atomic E-state index is 4.57. The molecule has 1 saturated heterocycles. The van der Waals surface area contributed by atoms with E-state index in [2.05, 4.69) is 40.2 Å². The van der Waals surface area contributed by atoms with Gasteiger partial charge in [-0.3, -0.25) is 4.68 Å². The minimum absolute atomic E-state index is 0.569. The molecule has 3 heteroatoms. The molecule has 0 radical (unpaired) electrons. The summed E-state index contributed by atoms with van der Waals surface area (Å²) in [6.07, 6.45) is 4.36. The summed E-state index contributed by atoms with van der Waals surface area (Å²) in [4.78, 5) is 0. The number of aryl methyl sites for hydroxylation is 1. The first-order chi connectivity index (χ1) is 7.86. The SMILES string of the molecule is Cc1cccc2cnn(C3CCNCC3)c12. The Morgan fingerprint density at radius 2 is 2.12 bits per heavy atom. The molecule has 0 bridgehead atoms. The molecule has 2 aromatic rings. The van der Waals surface area contributed by atoms with Gasteiger partial charge in [0, 0.05) is 5.39 Å². The molecule has 1 aliphatic heterocycles. The van der Waals surface area contributed by atoms with Gasteiger partial charge in [0.15, 0.2) is 0 Å². The van der Waals surface area contributed by atoms with E-state index in [4.69, 9.17) is 0 Å². The number of aromatic nitrogens is 2. The fourth-order valence-electron chi connectivity index (χ4n) is 2.61. The predicted molar refractivity (Wildman–Crippen MR) is 65.6 cm³/mol. The van der Waals surface area contributed by atoms with Gasteiger partial charge in [0.25, 0.3) is 0 Å². The maximum Gasteiger partial charge on any atom is 0.0714 e. The Bertz CT molecular complexity index is 495. The predicted octanol–water partition coefficient (Wildman–Crippen LogP) is 2.27. The number of fused-ring (bicyclic) bond motifs is 1. The molecule has 1 fully saturated rings. The number of benzene rings is 1. The molecule has 3 rings (SSSR count). The number of rotatable bonds is 1. The normalized spacial score (nSPS) is 18.1. The van der Waals surface area contributed by atoms with E-state index < -0.39 is 0 Å². The average Bonchev–Trinajstić information content (AvgIpc) is 2.75. The maximum absolute atomic E-state index is 4.57. The van der Waals surface area contributed by atoms with E-state index in [0.717, 1.165) is 13.1 Å². The van der Waals surface area contributed by atoms with Gasteiger partial charge in [0.05, 0.1) is 17.8 Å². The highest BCUT2D eigenvalue weighted by atomic mass is 15.3. The smallest absolute Gasteiger partial charge is 0.0714 e. The molecule has 0 aliphatic carbocycles. The van der Waals surface area contributed by atoms with E-state index in [9.17, 15) is 0 Å². The van der Waals surface area contributed by atoms with E-state index in [0.29, 0.717) is 6.04 Å². The largest absolute Gasteiger partial charge is 0.317 e. The quantitative estimate of drug-likeness (QED) is 0.791. The van der Waals surface area contributed by atoms with Crippen LogP contribution in [0.1, 0.15) is 24.4 Å². The van der Waals surface area contributed by atoms with Gasteiger partial charge in [-0.2, -0.15) is 5.10 Å². The second-order valence-corrected chi connectivity index (χ2v) is 4.58. The van der Waals surface area contributed by atoms with Gasteiger partial charge >= 0.3 is 0 Å². The van der Waals surface area contributed by atoms with Crippen molar-refractivity contribution in [3.63, 3.8) is 0 Å². The van der Waals surface area contributed by atoms with E-state index in [-0.39, 0.29) is 0 Å². The molecule has 1 aromatic carbocycles. The van der Waals surface area contributed by atoms with Crippen molar-refractivity contribution in [2.24, 2.45) is 0 Å². The lowest BCUT2D eigenvalue weighted by Crippen LogP contribution is -2.29. The van der Waals surface area contributed by atoms with Crippen molar-refractivity contribution in [2.75, 3.05) is 13.1 Å². The van der Waals surface area contributed by atoms with Crippen LogP contribution in [0, 0.1) is 6.92 Å². The van der Waals surface area contributed by atoms with Crippen molar-refractivity contribution >= 4 is 10.9 Å². The summed E-state index contributed by atoms with van der Waals surface area (Å²) in [5, 5.41) is 9.23. The van der Waals surface area contributed by atoms with Crippen LogP contribution < -0.4 is 5.32 Å². The van der Waals surface area contributed by atoms with Gasteiger partial charge in [-0.1, -0.05) is 18.2 Å². The standard InChI is InChI=1S/C13H17N3/c1-10-3-2-4-11-9-15-16(13(10)11)12-5-7-14-8-6-12/h2-4,9,12,14H,5-8H2,1H3. The molecule has 0 saturated carbocycles. The Balaban J connectivity index is 2.09. The zero-order valence-corrected chi connectivity index (χ0v) is 9.61. The highest BCUT2D eigenvalue weighted by molar-refractivity contribution is 5.81. The number of nitrogens with one attached hydrogen (secondary N) is 1. The number of hydrogen-bond acceptors (Lipinski definition) is 2. The lowest BCUT2D eigenvalue weighted by atomic mass is 10.1. The molecule has 0 unspecified atom stereocenters. The highest BCUT2D eigenvalue weighted by Gasteiger charge is 2.18. The summed E-state index contributed by atoms with van der Waals surface area (Å²) in [6.45, 7) is 4.39. The van der Waals surface area contributed by atoms with E-state index >= 15 is 0 Å². The number of para-hydroxylation sites is 1. The van der Waals surface area contributed by atoms with Gasteiger partial charge in [-0.25, -0.2) is 0 Å². The minimum atomic E-state index is 0.569. The van der Waals surface area contributed by atoms with Crippen LogP contribution >= 0.6 is 0 Å². The molecule has 16 heavy (non-hydrogen) atoms. The van der Waals surface area contributed by atoms with Crippen molar-refractivity contribution < 1.29 is 0 Å². The fourth-order valence-corrected chi connectivity index (χ4v) is 2.61. The fraction of sp³-hybridized carbons (Fsp3) is 0.462. The summed E-state index contributed by atoms with van der Waals surface area (Å²) >= 11 is 0. The van der Waals surface area contributed by atoms with Crippen LogP contribution in [0.2, 0.25) is 0 Å². The lowest BCUT2D eigenvalue weighted by Gasteiger charge is -2.24. The van der Waals surface area contributed by atoms with Crippen LogP contribution in [0.3, 0.4) is 0 Å².